The predicted octanol–water partition coefficient (Wildman–Crippen LogP) is 4.40. The number of aromatic nitrogens is 2. The molecule has 0 saturated heterocycles. The Morgan fingerprint density at radius 2 is 2.00 bits per heavy atom. The number of ether oxygens (including phenoxy) is 1. The number of hydrogen-bond donors (Lipinski definition) is 1. The Balaban J connectivity index is 1.58. The van der Waals surface area contributed by atoms with Crippen LogP contribution in [0.4, 0.5) is 0 Å². The van der Waals surface area contributed by atoms with Crippen LogP contribution in [0.5, 0.6) is 5.75 Å². The average molecular weight is 384 g/mol. The van der Waals surface area contributed by atoms with Crippen molar-refractivity contribution in [2.75, 3.05) is 0 Å². The molecule has 0 spiro atoms. The first-order valence-corrected chi connectivity index (χ1v) is 9.93. The molecular formula is C21H25N3O2S. The molecule has 27 heavy (non-hydrogen) atoms. The molecule has 0 aliphatic heterocycles. The molecular weight excluding hydrogens is 358 g/mol. The number of nitrogens with one attached hydrogen (secondary N) is 1. The lowest BCUT2D eigenvalue weighted by molar-refractivity contribution is 0.0955. The third-order valence-electron chi connectivity index (χ3n) is 4.61. The third-order valence-corrected chi connectivity index (χ3v) is 5.59. The van der Waals surface area contributed by atoms with Crippen molar-refractivity contribution < 1.29 is 9.53 Å². The molecule has 0 unspecified atom stereocenters. The molecule has 0 bridgehead atoms. The molecule has 2 aromatic heterocycles. The quantitative estimate of drug-likeness (QED) is 0.658. The molecule has 0 atom stereocenters. The molecule has 6 heteroatoms. The van der Waals surface area contributed by atoms with Gasteiger partial charge >= 0.3 is 0 Å². The lowest BCUT2D eigenvalue weighted by Gasteiger charge is -2.10. The summed E-state index contributed by atoms with van der Waals surface area (Å²) in [5, 5.41) is 9.26. The van der Waals surface area contributed by atoms with E-state index in [4.69, 9.17) is 4.74 Å². The summed E-state index contributed by atoms with van der Waals surface area (Å²) >= 11 is 1.44. The molecule has 0 saturated carbocycles. The third kappa shape index (κ3) is 4.39. The van der Waals surface area contributed by atoms with Crippen LogP contribution in [0.25, 0.3) is 0 Å². The van der Waals surface area contributed by atoms with Gasteiger partial charge in [-0.1, -0.05) is 18.2 Å². The molecule has 0 radical (unpaired) electrons. The summed E-state index contributed by atoms with van der Waals surface area (Å²) in [7, 11) is 0. The number of thiophene rings is 1. The summed E-state index contributed by atoms with van der Waals surface area (Å²) in [6.07, 6.45) is 1.82. The number of rotatable bonds is 7. The number of aryl methyl sites for hydroxylation is 3. The maximum absolute atomic E-state index is 12.4. The van der Waals surface area contributed by atoms with E-state index in [1.807, 2.05) is 61.3 Å². The van der Waals surface area contributed by atoms with Crippen LogP contribution in [-0.4, -0.2) is 15.7 Å². The van der Waals surface area contributed by atoms with Crippen LogP contribution >= 0.6 is 11.3 Å². The van der Waals surface area contributed by atoms with Gasteiger partial charge in [0, 0.05) is 29.9 Å². The summed E-state index contributed by atoms with van der Waals surface area (Å²) in [5.74, 6) is 0.847. The Kier molecular flexibility index (Phi) is 5.96. The van der Waals surface area contributed by atoms with Crippen molar-refractivity contribution in [2.24, 2.45) is 0 Å². The van der Waals surface area contributed by atoms with Crippen molar-refractivity contribution in [2.45, 2.75) is 47.4 Å². The topological polar surface area (TPSA) is 56.2 Å². The van der Waals surface area contributed by atoms with Crippen molar-refractivity contribution in [3.05, 3.63) is 68.7 Å². The Morgan fingerprint density at radius 1 is 1.26 bits per heavy atom. The largest absolute Gasteiger partial charge is 0.488 e. The molecule has 1 amide bonds. The highest BCUT2D eigenvalue weighted by atomic mass is 32.1. The monoisotopic (exact) mass is 383 g/mol. The van der Waals surface area contributed by atoms with E-state index in [-0.39, 0.29) is 5.91 Å². The van der Waals surface area contributed by atoms with Gasteiger partial charge in [-0.05, 0) is 50.3 Å². The summed E-state index contributed by atoms with van der Waals surface area (Å²) < 4.78 is 7.90. The molecule has 2 heterocycles. The first kappa shape index (κ1) is 19.2. The summed E-state index contributed by atoms with van der Waals surface area (Å²) in [4.78, 5) is 13.1. The van der Waals surface area contributed by atoms with E-state index < -0.39 is 0 Å². The van der Waals surface area contributed by atoms with E-state index in [0.29, 0.717) is 18.0 Å². The zero-order chi connectivity index (χ0) is 19.4. The fourth-order valence-corrected chi connectivity index (χ4v) is 3.81. The van der Waals surface area contributed by atoms with Gasteiger partial charge in [0.2, 0.25) is 0 Å². The van der Waals surface area contributed by atoms with Gasteiger partial charge in [-0.3, -0.25) is 9.48 Å². The second-order valence-electron chi connectivity index (χ2n) is 6.58. The van der Waals surface area contributed by atoms with Crippen molar-refractivity contribution in [1.82, 2.24) is 15.1 Å². The fraction of sp³-hybridized carbons (Fsp3) is 0.333. The zero-order valence-electron chi connectivity index (χ0n) is 16.2. The van der Waals surface area contributed by atoms with E-state index >= 15 is 0 Å². The highest BCUT2D eigenvalue weighted by Gasteiger charge is 2.12. The Hall–Kier alpha value is -2.60. The highest BCUT2D eigenvalue weighted by molar-refractivity contribution is 7.12. The number of para-hydroxylation sites is 1. The number of nitrogens with zero attached hydrogens (tertiary/aromatic N) is 2. The molecule has 3 rings (SSSR count). The van der Waals surface area contributed by atoms with Gasteiger partial charge < -0.3 is 10.1 Å². The Bertz CT molecular complexity index is 923. The molecule has 142 valence electrons. The van der Waals surface area contributed by atoms with Gasteiger partial charge in [0.15, 0.2) is 0 Å². The lowest BCUT2D eigenvalue weighted by atomic mass is 10.1. The van der Waals surface area contributed by atoms with Crippen LogP contribution in [0.3, 0.4) is 0 Å². The second kappa shape index (κ2) is 8.39. The minimum absolute atomic E-state index is 0.0676. The van der Waals surface area contributed by atoms with Crippen LogP contribution < -0.4 is 10.1 Å². The standard InChI is InChI=1S/C21H25N3O2S/c1-5-24-16(4)18(11-23-24)10-22-21(25)19-9-17(13-27-19)12-26-20-14(2)7-6-8-15(20)3/h6-9,11,13H,5,10,12H2,1-4H3,(H,22,25). The van der Waals surface area contributed by atoms with E-state index in [0.717, 1.165) is 40.2 Å². The van der Waals surface area contributed by atoms with Gasteiger partial charge in [-0.25, -0.2) is 0 Å². The molecule has 0 aliphatic rings. The molecule has 3 aromatic rings. The van der Waals surface area contributed by atoms with E-state index in [1.54, 1.807) is 0 Å². The van der Waals surface area contributed by atoms with E-state index in [2.05, 4.69) is 17.3 Å². The maximum Gasteiger partial charge on any atom is 0.261 e. The smallest absolute Gasteiger partial charge is 0.261 e. The first-order valence-electron chi connectivity index (χ1n) is 9.05. The second-order valence-corrected chi connectivity index (χ2v) is 7.49. The minimum atomic E-state index is -0.0676. The number of benzene rings is 1. The molecule has 0 fully saturated rings. The van der Waals surface area contributed by atoms with Gasteiger partial charge in [-0.15, -0.1) is 11.3 Å². The number of carbonyl (C=O) groups is 1. The zero-order valence-corrected chi connectivity index (χ0v) is 17.0. The van der Waals surface area contributed by atoms with Crippen LogP contribution in [0.1, 0.15) is 44.5 Å². The molecule has 0 aliphatic carbocycles. The average Bonchev–Trinajstić information content (AvgIpc) is 3.26. The summed E-state index contributed by atoms with van der Waals surface area (Å²) in [5.41, 5.74) is 5.37. The minimum Gasteiger partial charge on any atom is -0.488 e. The van der Waals surface area contributed by atoms with Gasteiger partial charge in [0.05, 0.1) is 11.1 Å². The summed E-state index contributed by atoms with van der Waals surface area (Å²) in [6, 6.07) is 8.00. The van der Waals surface area contributed by atoms with Crippen LogP contribution in [0.2, 0.25) is 0 Å². The van der Waals surface area contributed by atoms with Crippen molar-refractivity contribution >= 4 is 17.2 Å². The van der Waals surface area contributed by atoms with Crippen molar-refractivity contribution in [1.29, 1.82) is 0 Å². The Morgan fingerprint density at radius 3 is 2.67 bits per heavy atom. The van der Waals surface area contributed by atoms with Crippen molar-refractivity contribution in [3.8, 4) is 5.75 Å². The number of hydrogen-bond acceptors (Lipinski definition) is 4. The predicted molar refractivity (Wildman–Crippen MR) is 108 cm³/mol. The molecule has 1 aromatic carbocycles. The summed E-state index contributed by atoms with van der Waals surface area (Å²) in [6.45, 7) is 9.92. The maximum atomic E-state index is 12.4. The van der Waals surface area contributed by atoms with Crippen molar-refractivity contribution in [3.63, 3.8) is 0 Å². The van der Waals surface area contributed by atoms with Gasteiger partial charge in [-0.2, -0.15) is 5.10 Å². The van der Waals surface area contributed by atoms with Crippen LogP contribution in [-0.2, 0) is 19.7 Å². The fourth-order valence-electron chi connectivity index (χ4n) is 2.99. The lowest BCUT2D eigenvalue weighted by Crippen LogP contribution is -2.22. The normalized spacial score (nSPS) is 10.8. The van der Waals surface area contributed by atoms with Gasteiger partial charge in [0.25, 0.3) is 5.91 Å². The molecule has 1 N–H and O–H groups in total. The van der Waals surface area contributed by atoms with Crippen LogP contribution in [0, 0.1) is 20.8 Å². The number of carbonyl (C=O) groups excluding carboxylic acids is 1. The van der Waals surface area contributed by atoms with Gasteiger partial charge in [0.1, 0.15) is 12.4 Å². The SMILES string of the molecule is CCn1ncc(CNC(=O)c2cc(COc3c(C)cccc3C)cs2)c1C. The highest BCUT2D eigenvalue weighted by Crippen LogP contribution is 2.24. The number of amides is 1. The van der Waals surface area contributed by atoms with E-state index in [9.17, 15) is 4.79 Å². The van der Waals surface area contributed by atoms with Crippen LogP contribution in [0.15, 0.2) is 35.8 Å². The Labute approximate surface area is 164 Å². The molecule has 5 nitrogen and oxygen atoms in total. The first-order chi connectivity index (χ1) is 13.0. The van der Waals surface area contributed by atoms with E-state index in [1.165, 1.54) is 11.3 Å².